The molecule has 0 aliphatic heterocycles. The van der Waals surface area contributed by atoms with Crippen molar-refractivity contribution in [1.29, 1.82) is 0 Å². The van der Waals surface area contributed by atoms with Gasteiger partial charge in [0.25, 0.3) is 0 Å². The summed E-state index contributed by atoms with van der Waals surface area (Å²) in [6.07, 6.45) is 0. The van der Waals surface area contributed by atoms with E-state index in [2.05, 4.69) is 10.6 Å². The zero-order chi connectivity index (χ0) is 16.3. The maximum Gasteiger partial charge on any atom is 0.243 e. The summed E-state index contributed by atoms with van der Waals surface area (Å²) < 4.78 is 22.9. The van der Waals surface area contributed by atoms with Crippen molar-refractivity contribution in [2.75, 3.05) is 10.6 Å². The lowest BCUT2D eigenvalue weighted by Crippen LogP contribution is -2.20. The second kappa shape index (κ2) is 6.49. The van der Waals surface area contributed by atoms with E-state index < -0.39 is 20.7 Å². The number of hydrogen-bond acceptors (Lipinski definition) is 4. The first kappa shape index (κ1) is 16.5. The summed E-state index contributed by atoms with van der Waals surface area (Å²) in [5.74, 6) is -0.591. The van der Waals surface area contributed by atoms with Gasteiger partial charge in [-0.25, -0.2) is 13.6 Å². The summed E-state index contributed by atoms with van der Waals surface area (Å²) in [5, 5.41) is 20.6. The highest BCUT2D eigenvalue weighted by Crippen LogP contribution is 2.36. The second-order valence-electron chi connectivity index (χ2n) is 4.26. The first-order chi connectivity index (χ1) is 10.3. The van der Waals surface area contributed by atoms with Crippen LogP contribution >= 0.6 is 23.8 Å². The number of sulfonamides is 1. The lowest BCUT2D eigenvalue weighted by atomic mass is 10.3. The van der Waals surface area contributed by atoms with E-state index in [-0.39, 0.29) is 15.8 Å². The molecule has 0 fully saturated rings. The smallest absolute Gasteiger partial charge is 0.243 e. The van der Waals surface area contributed by atoms with Crippen molar-refractivity contribution in [3.05, 3.63) is 47.5 Å². The van der Waals surface area contributed by atoms with Gasteiger partial charge < -0.3 is 15.7 Å². The molecule has 2 aromatic carbocycles. The fraction of sp³-hybridized carbons (Fsp3) is 0. The highest BCUT2D eigenvalue weighted by atomic mass is 35.5. The molecule has 0 saturated carbocycles. The molecule has 0 bridgehead atoms. The monoisotopic (exact) mass is 357 g/mol. The van der Waals surface area contributed by atoms with Crippen LogP contribution in [0.4, 0.5) is 11.4 Å². The molecule has 0 amide bonds. The Morgan fingerprint density at radius 3 is 2.36 bits per heavy atom. The van der Waals surface area contributed by atoms with Gasteiger partial charge in [-0.05, 0) is 36.5 Å². The van der Waals surface area contributed by atoms with Crippen molar-refractivity contribution in [3.63, 3.8) is 0 Å². The van der Waals surface area contributed by atoms with Gasteiger partial charge in [-0.3, -0.25) is 0 Å². The first-order valence-corrected chi connectivity index (χ1v) is 8.29. The van der Waals surface area contributed by atoms with E-state index in [0.29, 0.717) is 0 Å². The Balaban J connectivity index is 2.26. The molecule has 0 heterocycles. The minimum absolute atomic E-state index is 0.0712. The Bertz CT molecular complexity index is 811. The van der Waals surface area contributed by atoms with Crippen LogP contribution in [0.2, 0.25) is 5.02 Å². The highest BCUT2D eigenvalue weighted by Gasteiger charge is 2.21. The quantitative estimate of drug-likeness (QED) is 0.497. The van der Waals surface area contributed by atoms with Gasteiger partial charge >= 0.3 is 0 Å². The van der Waals surface area contributed by atoms with Gasteiger partial charge in [-0.1, -0.05) is 29.8 Å². The molecular weight excluding hydrogens is 346 g/mol. The molecule has 0 radical (unpaired) electrons. The normalized spacial score (nSPS) is 11.0. The zero-order valence-corrected chi connectivity index (χ0v) is 13.5. The average Bonchev–Trinajstić information content (AvgIpc) is 2.42. The SMILES string of the molecule is NS(=O)(=O)c1c(Cl)ccc(NC(=S)Nc2ccccc2)c1O. The predicted octanol–water partition coefficient (Wildman–Crippen LogP) is 2.50. The molecule has 0 atom stereocenters. The maximum absolute atomic E-state index is 11.5. The number of phenolic OH excluding ortho intramolecular Hbond substituents is 1. The van der Waals surface area contributed by atoms with Crippen LogP contribution in [-0.2, 0) is 10.0 Å². The molecule has 22 heavy (non-hydrogen) atoms. The Morgan fingerprint density at radius 2 is 1.77 bits per heavy atom. The summed E-state index contributed by atoms with van der Waals surface area (Å²) in [6, 6.07) is 11.8. The number of thiocarbonyl (C=S) groups is 1. The van der Waals surface area contributed by atoms with Crippen LogP contribution in [0.25, 0.3) is 0 Å². The minimum atomic E-state index is -4.17. The molecule has 0 saturated heterocycles. The van der Waals surface area contributed by atoms with Crippen molar-refractivity contribution >= 4 is 50.3 Å². The van der Waals surface area contributed by atoms with Crippen molar-refractivity contribution in [3.8, 4) is 5.75 Å². The molecule has 0 aliphatic carbocycles. The van der Waals surface area contributed by atoms with E-state index in [0.717, 1.165) is 5.69 Å². The Kier molecular flexibility index (Phi) is 4.87. The number of nitrogens with one attached hydrogen (secondary N) is 2. The Labute approximate surface area is 138 Å². The van der Waals surface area contributed by atoms with Gasteiger partial charge in [-0.15, -0.1) is 0 Å². The Morgan fingerprint density at radius 1 is 1.14 bits per heavy atom. The number of para-hydroxylation sites is 1. The van der Waals surface area contributed by atoms with Crippen molar-refractivity contribution in [2.45, 2.75) is 4.90 Å². The standard InChI is InChI=1S/C13H12ClN3O3S2/c14-9-6-7-10(11(18)12(9)22(15,19)20)17-13(21)16-8-4-2-1-3-5-8/h1-7,18H,(H2,15,19,20)(H2,16,17,21). The predicted molar refractivity (Wildman–Crippen MR) is 90.8 cm³/mol. The van der Waals surface area contributed by atoms with Gasteiger partial charge in [0.1, 0.15) is 4.90 Å². The van der Waals surface area contributed by atoms with Gasteiger partial charge in [0.05, 0.1) is 10.7 Å². The number of rotatable bonds is 3. The molecular formula is C13H12ClN3O3S2. The molecule has 5 N–H and O–H groups in total. The number of anilines is 2. The molecule has 2 aromatic rings. The van der Waals surface area contributed by atoms with Crippen molar-refractivity contribution < 1.29 is 13.5 Å². The van der Waals surface area contributed by atoms with E-state index >= 15 is 0 Å². The molecule has 6 nitrogen and oxygen atoms in total. The van der Waals surface area contributed by atoms with Gasteiger partial charge in [0.15, 0.2) is 10.9 Å². The number of phenols is 1. The number of aromatic hydroxyl groups is 1. The molecule has 116 valence electrons. The van der Waals surface area contributed by atoms with Gasteiger partial charge in [-0.2, -0.15) is 0 Å². The van der Waals surface area contributed by atoms with Crippen LogP contribution in [0.3, 0.4) is 0 Å². The topological polar surface area (TPSA) is 104 Å². The number of primary sulfonamides is 1. The summed E-state index contributed by atoms with van der Waals surface area (Å²) in [6.45, 7) is 0. The number of halogens is 1. The van der Waals surface area contributed by atoms with E-state index in [9.17, 15) is 13.5 Å². The zero-order valence-electron chi connectivity index (χ0n) is 11.1. The third-order valence-corrected chi connectivity index (χ3v) is 4.26. The van der Waals surface area contributed by atoms with E-state index in [1.54, 1.807) is 12.1 Å². The maximum atomic E-state index is 11.5. The van der Waals surface area contributed by atoms with Gasteiger partial charge in [0.2, 0.25) is 10.0 Å². The lowest BCUT2D eigenvalue weighted by Gasteiger charge is -2.14. The molecule has 0 spiro atoms. The second-order valence-corrected chi connectivity index (χ2v) is 6.58. The minimum Gasteiger partial charge on any atom is -0.504 e. The average molecular weight is 358 g/mol. The molecule has 9 heteroatoms. The van der Waals surface area contributed by atoms with Crippen LogP contribution in [0.15, 0.2) is 47.4 Å². The summed E-state index contributed by atoms with van der Waals surface area (Å²) >= 11 is 10.9. The number of benzene rings is 2. The third-order valence-electron chi connectivity index (χ3n) is 2.65. The van der Waals surface area contributed by atoms with E-state index in [4.69, 9.17) is 29.0 Å². The van der Waals surface area contributed by atoms with E-state index in [1.807, 2.05) is 18.2 Å². The Hall–Kier alpha value is -1.87. The van der Waals surface area contributed by atoms with Crippen LogP contribution < -0.4 is 15.8 Å². The fourth-order valence-electron chi connectivity index (χ4n) is 1.72. The number of nitrogens with two attached hydrogens (primary N) is 1. The van der Waals surface area contributed by atoms with Crippen molar-refractivity contribution in [2.24, 2.45) is 5.14 Å². The van der Waals surface area contributed by atoms with Crippen LogP contribution in [0.1, 0.15) is 0 Å². The largest absolute Gasteiger partial charge is 0.504 e. The highest BCUT2D eigenvalue weighted by molar-refractivity contribution is 7.89. The van der Waals surface area contributed by atoms with Crippen LogP contribution in [0, 0.1) is 0 Å². The molecule has 0 unspecified atom stereocenters. The summed E-state index contributed by atoms with van der Waals surface area (Å²) in [5.41, 5.74) is 0.807. The fourth-order valence-corrected chi connectivity index (χ4v) is 3.15. The summed E-state index contributed by atoms with van der Waals surface area (Å²) in [7, 11) is -4.17. The van der Waals surface area contributed by atoms with Crippen molar-refractivity contribution in [1.82, 2.24) is 0 Å². The summed E-state index contributed by atoms with van der Waals surface area (Å²) in [4.78, 5) is -0.554. The number of hydrogen-bond donors (Lipinski definition) is 4. The van der Waals surface area contributed by atoms with Gasteiger partial charge in [0, 0.05) is 5.69 Å². The molecule has 2 rings (SSSR count). The van der Waals surface area contributed by atoms with Crippen LogP contribution in [0.5, 0.6) is 5.75 Å². The molecule has 0 aromatic heterocycles. The van der Waals surface area contributed by atoms with Crippen LogP contribution in [-0.4, -0.2) is 18.6 Å². The lowest BCUT2D eigenvalue weighted by molar-refractivity contribution is 0.461. The first-order valence-electron chi connectivity index (χ1n) is 5.96. The van der Waals surface area contributed by atoms with E-state index in [1.165, 1.54) is 12.1 Å². The molecule has 0 aliphatic rings. The third kappa shape index (κ3) is 3.86.